The first-order chi connectivity index (χ1) is 11.4. The van der Waals surface area contributed by atoms with Crippen molar-refractivity contribution >= 4 is 29.3 Å². The monoisotopic (exact) mass is 379 g/mol. The summed E-state index contributed by atoms with van der Waals surface area (Å²) in [5.74, 6) is 0.283. The number of carbonyl (C=O) groups excluding carboxylic acids is 1. The summed E-state index contributed by atoms with van der Waals surface area (Å²) in [5.41, 5.74) is -0.890. The lowest BCUT2D eigenvalue weighted by molar-refractivity contribution is -0.137. The highest BCUT2D eigenvalue weighted by atomic mass is 35.5. The highest BCUT2D eigenvalue weighted by Crippen LogP contribution is 2.33. The SMILES string of the molecule is O=C(CCn1cncn1)NCCSc1ncc(C(F)(F)F)cc1Cl. The summed E-state index contributed by atoms with van der Waals surface area (Å²) in [6, 6.07) is 0.841. The van der Waals surface area contributed by atoms with Gasteiger partial charge in [-0.05, 0) is 6.07 Å². The van der Waals surface area contributed by atoms with Crippen LogP contribution in [0.2, 0.25) is 5.02 Å². The van der Waals surface area contributed by atoms with Crippen LogP contribution in [0.3, 0.4) is 0 Å². The number of aromatic nitrogens is 4. The number of thioether (sulfide) groups is 1. The molecular weight excluding hydrogens is 367 g/mol. The van der Waals surface area contributed by atoms with Crippen molar-refractivity contribution in [2.75, 3.05) is 12.3 Å². The maximum absolute atomic E-state index is 12.5. The quantitative estimate of drug-likeness (QED) is 0.591. The highest BCUT2D eigenvalue weighted by molar-refractivity contribution is 7.99. The Morgan fingerprint density at radius 2 is 2.21 bits per heavy atom. The van der Waals surface area contributed by atoms with Crippen LogP contribution in [0.5, 0.6) is 0 Å². The molecule has 0 saturated heterocycles. The first-order valence-corrected chi connectivity index (χ1v) is 8.17. The first kappa shape index (κ1) is 18.5. The number of nitrogens with one attached hydrogen (secondary N) is 1. The molecular formula is C13H13ClF3N5OS. The molecule has 0 aliphatic heterocycles. The molecule has 0 aromatic carbocycles. The number of pyridine rings is 1. The van der Waals surface area contributed by atoms with Crippen molar-refractivity contribution in [2.24, 2.45) is 0 Å². The largest absolute Gasteiger partial charge is 0.417 e. The third-order valence-corrected chi connectivity index (χ3v) is 4.24. The van der Waals surface area contributed by atoms with E-state index in [1.54, 1.807) is 4.68 Å². The minimum absolute atomic E-state index is 0.0627. The van der Waals surface area contributed by atoms with Crippen LogP contribution in [-0.4, -0.2) is 38.0 Å². The molecule has 1 amide bonds. The predicted octanol–water partition coefficient (Wildman–Crippen LogP) is 2.64. The predicted molar refractivity (Wildman–Crippen MR) is 82.6 cm³/mol. The Kier molecular flexibility index (Phi) is 6.44. The van der Waals surface area contributed by atoms with Crippen LogP contribution >= 0.6 is 23.4 Å². The normalized spacial score (nSPS) is 11.5. The van der Waals surface area contributed by atoms with E-state index in [1.807, 2.05) is 0 Å². The molecule has 0 saturated carbocycles. The molecule has 1 N–H and O–H groups in total. The van der Waals surface area contributed by atoms with Crippen LogP contribution in [0.1, 0.15) is 12.0 Å². The number of hydrogen-bond donors (Lipinski definition) is 1. The molecule has 130 valence electrons. The minimum Gasteiger partial charge on any atom is -0.355 e. The topological polar surface area (TPSA) is 72.7 Å². The number of halogens is 4. The number of amides is 1. The zero-order valence-corrected chi connectivity index (χ0v) is 13.8. The van der Waals surface area contributed by atoms with Crippen molar-refractivity contribution < 1.29 is 18.0 Å². The van der Waals surface area contributed by atoms with E-state index in [0.717, 1.165) is 12.3 Å². The van der Waals surface area contributed by atoms with E-state index in [4.69, 9.17) is 11.6 Å². The van der Waals surface area contributed by atoms with Crippen molar-refractivity contribution in [1.82, 2.24) is 25.1 Å². The zero-order valence-electron chi connectivity index (χ0n) is 12.3. The molecule has 0 atom stereocenters. The summed E-state index contributed by atoms with van der Waals surface area (Å²) in [5, 5.41) is 6.81. The average Bonchev–Trinajstić information content (AvgIpc) is 3.03. The van der Waals surface area contributed by atoms with E-state index >= 15 is 0 Å². The third kappa shape index (κ3) is 5.68. The number of hydrogen-bond acceptors (Lipinski definition) is 5. The molecule has 2 aromatic rings. The van der Waals surface area contributed by atoms with Crippen molar-refractivity contribution in [3.63, 3.8) is 0 Å². The summed E-state index contributed by atoms with van der Waals surface area (Å²) in [6.45, 7) is 0.769. The van der Waals surface area contributed by atoms with E-state index in [-0.39, 0.29) is 17.4 Å². The number of rotatable bonds is 7. The number of nitrogens with zero attached hydrogens (tertiary/aromatic N) is 4. The Balaban J connectivity index is 1.71. The summed E-state index contributed by atoms with van der Waals surface area (Å²) in [7, 11) is 0. The Morgan fingerprint density at radius 3 is 2.83 bits per heavy atom. The van der Waals surface area contributed by atoms with Gasteiger partial charge in [0.2, 0.25) is 5.91 Å². The molecule has 24 heavy (non-hydrogen) atoms. The van der Waals surface area contributed by atoms with Gasteiger partial charge in [-0.2, -0.15) is 18.3 Å². The standard InChI is InChI=1S/C13H13ClF3N5OS/c14-10-5-9(13(15,16)17)6-20-12(10)24-4-2-19-11(23)1-3-22-8-18-7-21-22/h5-8H,1-4H2,(H,19,23). The fourth-order valence-electron chi connectivity index (χ4n) is 1.68. The van der Waals surface area contributed by atoms with Gasteiger partial charge < -0.3 is 5.32 Å². The minimum atomic E-state index is -4.47. The number of carbonyl (C=O) groups is 1. The molecule has 0 radical (unpaired) electrons. The van der Waals surface area contributed by atoms with Crippen molar-refractivity contribution in [1.29, 1.82) is 0 Å². The molecule has 0 unspecified atom stereocenters. The summed E-state index contributed by atoms with van der Waals surface area (Å²) in [6.07, 6.45) is -0.577. The Labute approximate surface area is 144 Å². The van der Waals surface area contributed by atoms with Crippen LogP contribution in [0.15, 0.2) is 29.9 Å². The summed E-state index contributed by atoms with van der Waals surface area (Å²) >= 11 is 6.97. The molecule has 2 rings (SSSR count). The summed E-state index contributed by atoms with van der Waals surface area (Å²) < 4.78 is 39.1. The lowest BCUT2D eigenvalue weighted by atomic mass is 10.3. The van der Waals surface area contributed by atoms with Crippen LogP contribution in [0, 0.1) is 0 Å². The van der Waals surface area contributed by atoms with Gasteiger partial charge in [0.1, 0.15) is 17.7 Å². The fraction of sp³-hybridized carbons (Fsp3) is 0.385. The molecule has 6 nitrogen and oxygen atoms in total. The van der Waals surface area contributed by atoms with Gasteiger partial charge in [-0.3, -0.25) is 9.48 Å². The van der Waals surface area contributed by atoms with Crippen LogP contribution in [0.25, 0.3) is 0 Å². The van der Waals surface area contributed by atoms with Gasteiger partial charge in [0.15, 0.2) is 0 Å². The van der Waals surface area contributed by atoms with Crippen molar-refractivity contribution in [2.45, 2.75) is 24.2 Å². The Bertz CT molecular complexity index is 681. The molecule has 11 heteroatoms. The van der Waals surface area contributed by atoms with Crippen LogP contribution < -0.4 is 5.32 Å². The van der Waals surface area contributed by atoms with Crippen LogP contribution in [-0.2, 0) is 17.5 Å². The van der Waals surface area contributed by atoms with Crippen molar-refractivity contribution in [3.05, 3.63) is 35.5 Å². The molecule has 2 aromatic heterocycles. The van der Waals surface area contributed by atoms with Gasteiger partial charge in [0, 0.05) is 24.9 Å². The second kappa shape index (κ2) is 8.34. The molecule has 0 aliphatic rings. The van der Waals surface area contributed by atoms with E-state index in [0.29, 0.717) is 23.9 Å². The lowest BCUT2D eigenvalue weighted by Crippen LogP contribution is -2.26. The lowest BCUT2D eigenvalue weighted by Gasteiger charge is -2.09. The molecule has 2 heterocycles. The molecule has 0 fully saturated rings. The van der Waals surface area contributed by atoms with Crippen LogP contribution in [0.4, 0.5) is 13.2 Å². The van der Waals surface area contributed by atoms with E-state index in [2.05, 4.69) is 20.4 Å². The summed E-state index contributed by atoms with van der Waals surface area (Å²) in [4.78, 5) is 19.1. The maximum atomic E-state index is 12.5. The van der Waals surface area contributed by atoms with Crippen molar-refractivity contribution in [3.8, 4) is 0 Å². The van der Waals surface area contributed by atoms with Gasteiger partial charge in [0.05, 0.1) is 17.1 Å². The molecule has 0 aliphatic carbocycles. The fourth-order valence-corrected chi connectivity index (χ4v) is 2.73. The van der Waals surface area contributed by atoms with Gasteiger partial charge in [0.25, 0.3) is 0 Å². The zero-order chi connectivity index (χ0) is 17.6. The smallest absolute Gasteiger partial charge is 0.355 e. The van der Waals surface area contributed by atoms with E-state index in [1.165, 1.54) is 24.4 Å². The maximum Gasteiger partial charge on any atom is 0.417 e. The van der Waals surface area contributed by atoms with E-state index < -0.39 is 11.7 Å². The Hall–Kier alpha value is -1.81. The molecule has 0 bridgehead atoms. The number of alkyl halides is 3. The van der Waals surface area contributed by atoms with E-state index in [9.17, 15) is 18.0 Å². The third-order valence-electron chi connectivity index (χ3n) is 2.83. The van der Waals surface area contributed by atoms with Gasteiger partial charge >= 0.3 is 6.18 Å². The number of aryl methyl sites for hydroxylation is 1. The van der Waals surface area contributed by atoms with Gasteiger partial charge in [-0.15, -0.1) is 11.8 Å². The second-order valence-corrected chi connectivity index (χ2v) is 6.11. The Morgan fingerprint density at radius 1 is 1.42 bits per heavy atom. The molecule has 0 spiro atoms. The average molecular weight is 380 g/mol. The first-order valence-electron chi connectivity index (χ1n) is 6.81. The van der Waals surface area contributed by atoms with Gasteiger partial charge in [-0.25, -0.2) is 9.97 Å². The second-order valence-electron chi connectivity index (χ2n) is 4.62. The van der Waals surface area contributed by atoms with Gasteiger partial charge in [-0.1, -0.05) is 11.6 Å². The highest BCUT2D eigenvalue weighted by Gasteiger charge is 2.31.